The highest BCUT2D eigenvalue weighted by Crippen LogP contribution is 2.22. The molecular formula is C26H28N2O3. The third-order valence-corrected chi connectivity index (χ3v) is 5.41. The van der Waals surface area contributed by atoms with Crippen LogP contribution in [0.1, 0.15) is 22.5 Å². The van der Waals surface area contributed by atoms with Crippen molar-refractivity contribution in [1.82, 2.24) is 9.55 Å². The normalized spacial score (nSPS) is 12.1. The maximum Gasteiger partial charge on any atom is 0.122 e. The summed E-state index contributed by atoms with van der Waals surface area (Å²) < 4.78 is 13.2. The van der Waals surface area contributed by atoms with Gasteiger partial charge in [0.2, 0.25) is 0 Å². The molecule has 1 heterocycles. The lowest BCUT2D eigenvalue weighted by molar-refractivity contribution is 0.0925. The highest BCUT2D eigenvalue weighted by molar-refractivity contribution is 5.76. The van der Waals surface area contributed by atoms with E-state index in [1.165, 1.54) is 5.56 Å². The fourth-order valence-corrected chi connectivity index (χ4v) is 3.80. The first-order valence-corrected chi connectivity index (χ1v) is 10.5. The van der Waals surface area contributed by atoms with E-state index in [0.717, 1.165) is 39.5 Å². The molecule has 0 unspecified atom stereocenters. The average Bonchev–Trinajstić information content (AvgIpc) is 3.10. The van der Waals surface area contributed by atoms with E-state index in [-0.39, 0.29) is 6.61 Å². The number of nitrogens with zero attached hydrogens (tertiary/aromatic N) is 2. The van der Waals surface area contributed by atoms with Crippen LogP contribution in [-0.4, -0.2) is 34.5 Å². The molecule has 0 aliphatic rings. The summed E-state index contributed by atoms with van der Waals surface area (Å²) >= 11 is 0. The molecule has 0 saturated carbocycles. The van der Waals surface area contributed by atoms with Crippen molar-refractivity contribution in [3.8, 4) is 11.5 Å². The number of methoxy groups -OCH3 is 1. The highest BCUT2D eigenvalue weighted by atomic mass is 16.5. The van der Waals surface area contributed by atoms with Crippen molar-refractivity contribution in [3.63, 3.8) is 0 Å². The zero-order valence-electron chi connectivity index (χ0n) is 18.2. The van der Waals surface area contributed by atoms with E-state index in [2.05, 4.69) is 17.6 Å². The van der Waals surface area contributed by atoms with E-state index in [1.807, 2.05) is 67.6 Å². The molecule has 4 aromatic rings. The summed E-state index contributed by atoms with van der Waals surface area (Å²) in [5.41, 5.74) is 5.34. The first-order chi connectivity index (χ1) is 15.0. The molecule has 0 fully saturated rings. The van der Waals surface area contributed by atoms with Crippen LogP contribution in [-0.2, 0) is 13.0 Å². The Morgan fingerprint density at radius 2 is 1.77 bits per heavy atom. The summed E-state index contributed by atoms with van der Waals surface area (Å²) in [5.74, 6) is 2.55. The number of aryl methyl sites for hydroxylation is 2. The van der Waals surface area contributed by atoms with Crippen LogP contribution >= 0.6 is 0 Å². The molecule has 0 amide bonds. The molecule has 160 valence electrons. The monoisotopic (exact) mass is 416 g/mol. The van der Waals surface area contributed by atoms with E-state index in [0.29, 0.717) is 13.0 Å². The molecule has 1 atom stereocenters. The molecule has 1 N–H and O–H groups in total. The number of imidazole rings is 1. The summed E-state index contributed by atoms with van der Waals surface area (Å²) in [5, 5.41) is 10.8. The van der Waals surface area contributed by atoms with Gasteiger partial charge in [-0.2, -0.15) is 0 Å². The summed E-state index contributed by atoms with van der Waals surface area (Å²) in [6.45, 7) is 4.71. The first kappa shape index (κ1) is 20.9. The molecule has 0 aliphatic heterocycles. The Labute approximate surface area is 182 Å². The smallest absolute Gasteiger partial charge is 0.122 e. The molecule has 1 aromatic heterocycles. The van der Waals surface area contributed by atoms with Crippen LogP contribution in [0.3, 0.4) is 0 Å². The fraction of sp³-hybridized carbons (Fsp3) is 0.269. The van der Waals surface area contributed by atoms with Gasteiger partial charge in [0.25, 0.3) is 0 Å². The van der Waals surface area contributed by atoms with E-state index in [9.17, 15) is 5.11 Å². The standard InChI is InChI=1S/C26H28N2O3/c1-18-8-13-25(19(2)14-18)31-17-21(29)16-28-24-7-5-4-6-23(24)27-26(28)15-20-9-11-22(30-3)12-10-20/h4-14,21,29H,15-17H2,1-3H3/t21-/m1/s1. The van der Waals surface area contributed by atoms with Gasteiger partial charge in [0.15, 0.2) is 0 Å². The number of rotatable bonds is 8. The van der Waals surface area contributed by atoms with E-state index in [4.69, 9.17) is 14.5 Å². The molecule has 0 bridgehead atoms. The van der Waals surface area contributed by atoms with Gasteiger partial charge in [-0.1, -0.05) is 42.0 Å². The Kier molecular flexibility index (Phi) is 6.23. The molecule has 0 radical (unpaired) electrons. The number of ether oxygens (including phenoxy) is 2. The minimum Gasteiger partial charge on any atom is -0.497 e. The number of hydrogen-bond donors (Lipinski definition) is 1. The van der Waals surface area contributed by atoms with Crippen LogP contribution in [0.25, 0.3) is 11.0 Å². The minimum absolute atomic E-state index is 0.221. The molecule has 5 heteroatoms. The SMILES string of the molecule is COc1ccc(Cc2nc3ccccc3n2C[C@@H](O)COc2ccc(C)cc2C)cc1. The van der Waals surface area contributed by atoms with Crippen molar-refractivity contribution in [2.45, 2.75) is 32.9 Å². The molecule has 0 saturated heterocycles. The number of para-hydroxylation sites is 2. The summed E-state index contributed by atoms with van der Waals surface area (Å²) in [6, 6.07) is 22.1. The number of aliphatic hydroxyl groups excluding tert-OH is 1. The third-order valence-electron chi connectivity index (χ3n) is 5.41. The molecule has 0 aliphatic carbocycles. The van der Waals surface area contributed by atoms with Gasteiger partial charge in [0.1, 0.15) is 30.0 Å². The van der Waals surface area contributed by atoms with Gasteiger partial charge >= 0.3 is 0 Å². The van der Waals surface area contributed by atoms with Gasteiger partial charge in [-0.05, 0) is 55.3 Å². The highest BCUT2D eigenvalue weighted by Gasteiger charge is 2.15. The van der Waals surface area contributed by atoms with Crippen molar-refractivity contribution < 1.29 is 14.6 Å². The maximum atomic E-state index is 10.8. The van der Waals surface area contributed by atoms with E-state index >= 15 is 0 Å². The summed E-state index contributed by atoms with van der Waals surface area (Å²) in [6.07, 6.45) is 0.0106. The Morgan fingerprint density at radius 3 is 2.52 bits per heavy atom. The molecular weight excluding hydrogens is 388 g/mol. The lowest BCUT2D eigenvalue weighted by Gasteiger charge is -2.17. The predicted molar refractivity (Wildman–Crippen MR) is 123 cm³/mol. The van der Waals surface area contributed by atoms with Crippen molar-refractivity contribution in [2.24, 2.45) is 0 Å². The van der Waals surface area contributed by atoms with Gasteiger partial charge in [0, 0.05) is 6.42 Å². The zero-order valence-corrected chi connectivity index (χ0v) is 18.2. The second-order valence-electron chi connectivity index (χ2n) is 7.89. The summed E-state index contributed by atoms with van der Waals surface area (Å²) in [4.78, 5) is 4.83. The lowest BCUT2D eigenvalue weighted by Crippen LogP contribution is -2.25. The summed E-state index contributed by atoms with van der Waals surface area (Å²) in [7, 11) is 1.66. The van der Waals surface area contributed by atoms with Gasteiger partial charge in [-0.25, -0.2) is 4.98 Å². The molecule has 31 heavy (non-hydrogen) atoms. The van der Waals surface area contributed by atoms with Crippen LogP contribution in [0.4, 0.5) is 0 Å². The molecule has 4 rings (SSSR count). The quantitative estimate of drug-likeness (QED) is 0.453. The minimum atomic E-state index is -0.659. The second-order valence-corrected chi connectivity index (χ2v) is 7.89. The third kappa shape index (κ3) is 4.89. The van der Waals surface area contributed by atoms with Crippen LogP contribution in [0.2, 0.25) is 0 Å². The van der Waals surface area contributed by atoms with Crippen molar-refractivity contribution in [1.29, 1.82) is 0 Å². The van der Waals surface area contributed by atoms with Crippen LogP contribution < -0.4 is 9.47 Å². The Hall–Kier alpha value is -3.31. The number of aliphatic hydroxyl groups is 1. The Balaban J connectivity index is 1.53. The first-order valence-electron chi connectivity index (χ1n) is 10.5. The number of fused-ring (bicyclic) bond motifs is 1. The average molecular weight is 417 g/mol. The molecule has 3 aromatic carbocycles. The van der Waals surface area contributed by atoms with Crippen molar-refractivity contribution in [2.75, 3.05) is 13.7 Å². The van der Waals surface area contributed by atoms with Crippen molar-refractivity contribution >= 4 is 11.0 Å². The van der Waals surface area contributed by atoms with E-state index in [1.54, 1.807) is 7.11 Å². The van der Waals surface area contributed by atoms with Gasteiger partial charge in [-0.3, -0.25) is 0 Å². The molecule has 0 spiro atoms. The fourth-order valence-electron chi connectivity index (χ4n) is 3.80. The van der Waals surface area contributed by atoms with Crippen molar-refractivity contribution in [3.05, 3.63) is 89.2 Å². The number of benzene rings is 3. The number of aromatic nitrogens is 2. The largest absolute Gasteiger partial charge is 0.497 e. The zero-order chi connectivity index (χ0) is 21.8. The number of hydrogen-bond acceptors (Lipinski definition) is 4. The van der Waals surface area contributed by atoms with Crippen LogP contribution in [0, 0.1) is 13.8 Å². The second kappa shape index (κ2) is 9.23. The topological polar surface area (TPSA) is 56.5 Å². The van der Waals surface area contributed by atoms with Crippen LogP contribution in [0.15, 0.2) is 66.7 Å². The van der Waals surface area contributed by atoms with Crippen LogP contribution in [0.5, 0.6) is 11.5 Å². The van der Waals surface area contributed by atoms with Gasteiger partial charge in [0.05, 0.1) is 24.7 Å². The Bertz CT molecular complexity index is 1170. The lowest BCUT2D eigenvalue weighted by atomic mass is 10.1. The van der Waals surface area contributed by atoms with Gasteiger partial charge < -0.3 is 19.1 Å². The molecule has 5 nitrogen and oxygen atoms in total. The predicted octanol–water partition coefficient (Wildman–Crippen LogP) is 4.69. The van der Waals surface area contributed by atoms with Gasteiger partial charge in [-0.15, -0.1) is 0 Å². The Morgan fingerprint density at radius 1 is 1.00 bits per heavy atom. The maximum absolute atomic E-state index is 10.8. The van der Waals surface area contributed by atoms with E-state index < -0.39 is 6.10 Å².